The van der Waals surface area contributed by atoms with Crippen LogP contribution in [0.25, 0.3) is 28.4 Å². The fraction of sp³-hybridized carbons (Fsp3) is 0.444. The Morgan fingerprint density at radius 2 is 1.73 bits per heavy atom. The molecule has 0 unspecified atom stereocenters. The Bertz CT molecular complexity index is 2920. The number of carbonyl (C=O) groups is 3. The molecule has 2 saturated heterocycles. The van der Waals surface area contributed by atoms with Crippen molar-refractivity contribution in [3.63, 3.8) is 0 Å². The van der Waals surface area contributed by atoms with Crippen molar-refractivity contribution in [2.75, 3.05) is 44.2 Å². The number of phenols is 1. The SMILES string of the molecule is Cn1c(=O)n([C@@H]2CCC(=O)NC2=O)c2ccc(CCCN3CCN(c4nc(-c5nc(C67CCC(CNC(=O)c8cc(F)c(O)c(F)c8F)(CC6)CC7)no5)cc(-n5ccnc5)n4)CC3)cc21. The summed E-state index contributed by atoms with van der Waals surface area (Å²) in [4.78, 5) is 73.8. The molecule has 0 radical (unpaired) electrons. The van der Waals surface area contributed by atoms with Crippen molar-refractivity contribution in [1.29, 1.82) is 0 Å². The van der Waals surface area contributed by atoms with E-state index in [4.69, 9.17) is 19.5 Å². The number of anilines is 1. The predicted octanol–water partition coefficient (Wildman–Crippen LogP) is 4.24. The zero-order valence-corrected chi connectivity index (χ0v) is 36.1. The third-order valence-corrected chi connectivity index (χ3v) is 14.3. The summed E-state index contributed by atoms with van der Waals surface area (Å²) < 4.78 is 53.0. The lowest BCUT2D eigenvalue weighted by atomic mass is 9.53. The van der Waals surface area contributed by atoms with Crippen LogP contribution in [-0.4, -0.2) is 106 Å². The number of amides is 3. The smallest absolute Gasteiger partial charge is 0.329 e. The summed E-state index contributed by atoms with van der Waals surface area (Å²) >= 11 is 0. The van der Waals surface area contributed by atoms with E-state index < -0.39 is 46.6 Å². The first-order chi connectivity index (χ1) is 31.8. The molecular formula is C45H47F3N12O6. The summed E-state index contributed by atoms with van der Waals surface area (Å²) in [7, 11) is 1.70. The first kappa shape index (κ1) is 43.0. The predicted molar refractivity (Wildman–Crippen MR) is 230 cm³/mol. The van der Waals surface area contributed by atoms with Crippen LogP contribution in [-0.2, 0) is 28.5 Å². The van der Waals surface area contributed by atoms with Crippen LogP contribution in [0.5, 0.6) is 5.75 Å². The third-order valence-electron chi connectivity index (χ3n) is 14.3. The molecule has 18 nitrogen and oxygen atoms in total. The maximum atomic E-state index is 14.4. The number of aryl methyl sites for hydroxylation is 2. The summed E-state index contributed by atoms with van der Waals surface area (Å²) in [6.07, 6.45) is 11.6. The molecule has 2 aliphatic heterocycles. The van der Waals surface area contributed by atoms with Gasteiger partial charge in [-0.2, -0.15) is 14.4 Å². The zero-order valence-electron chi connectivity index (χ0n) is 36.1. The number of imide groups is 1. The number of piperidine rings is 1. The van der Waals surface area contributed by atoms with Gasteiger partial charge in [0.2, 0.25) is 23.6 Å². The highest BCUT2D eigenvalue weighted by Crippen LogP contribution is 2.57. The molecule has 11 rings (SSSR count). The monoisotopic (exact) mass is 908 g/mol. The Morgan fingerprint density at radius 1 is 0.955 bits per heavy atom. The lowest BCUT2D eigenvalue weighted by molar-refractivity contribution is -0.135. The van der Waals surface area contributed by atoms with Crippen LogP contribution < -0.4 is 21.2 Å². The number of carbonyl (C=O) groups excluding carboxylic acids is 3. The molecule has 1 atom stereocenters. The van der Waals surface area contributed by atoms with Crippen molar-refractivity contribution in [2.24, 2.45) is 12.5 Å². The van der Waals surface area contributed by atoms with Crippen LogP contribution in [0, 0.1) is 22.9 Å². The first-order valence-corrected chi connectivity index (χ1v) is 22.2. The van der Waals surface area contributed by atoms with Gasteiger partial charge in [-0.15, -0.1) is 0 Å². The van der Waals surface area contributed by atoms with Gasteiger partial charge < -0.3 is 19.8 Å². The standard InChI is InChI=1S/C45H47F3N12O6/c1-56-32-21-26(4-5-30(32)60(43(56)65)31-6-7-34(61)53-39(31)64)3-2-15-57-17-19-58(20-18-57)42-51-29(23-33(52-42)59-16-14-49-25-59)40-54-41(55-66-40)45-11-8-44(9-12-45,10-13-45)24-50-38(63)27-22-28(46)37(62)36(48)35(27)47/h4-5,14,16,21-23,25,31,62H,2-3,6-13,15,17-20,24H2,1H3,(H,50,63)(H,53,61,64)/t31-,44?,45?/m1/s1. The molecule has 5 fully saturated rings. The molecule has 3 aliphatic carbocycles. The van der Waals surface area contributed by atoms with Crippen molar-refractivity contribution in [3.05, 3.63) is 93.9 Å². The highest BCUT2D eigenvalue weighted by Gasteiger charge is 2.52. The maximum Gasteiger partial charge on any atom is 0.329 e. The van der Waals surface area contributed by atoms with E-state index in [0.717, 1.165) is 62.8 Å². The quantitative estimate of drug-likeness (QED) is 0.116. The van der Waals surface area contributed by atoms with Crippen molar-refractivity contribution in [2.45, 2.75) is 75.7 Å². The molecule has 5 aliphatic rings. The second kappa shape index (κ2) is 16.8. The lowest BCUT2D eigenvalue weighted by Gasteiger charge is -2.52. The van der Waals surface area contributed by atoms with Gasteiger partial charge in [-0.25, -0.2) is 23.5 Å². The van der Waals surface area contributed by atoms with Gasteiger partial charge in [0.25, 0.3) is 11.8 Å². The van der Waals surface area contributed by atoms with Gasteiger partial charge in [0.1, 0.15) is 23.9 Å². The fourth-order valence-electron chi connectivity index (χ4n) is 10.2. The largest absolute Gasteiger partial charge is 0.503 e. The second-order valence-electron chi connectivity index (χ2n) is 18.1. The molecule has 2 aromatic carbocycles. The van der Waals surface area contributed by atoms with Gasteiger partial charge in [-0.1, -0.05) is 11.2 Å². The van der Waals surface area contributed by atoms with Crippen molar-refractivity contribution in [3.8, 4) is 23.2 Å². The fourth-order valence-corrected chi connectivity index (χ4v) is 10.2. The van der Waals surface area contributed by atoms with Gasteiger partial charge >= 0.3 is 5.69 Å². The average molecular weight is 909 g/mol. The number of hydrogen-bond acceptors (Lipinski definition) is 13. The molecule has 66 heavy (non-hydrogen) atoms. The minimum atomic E-state index is -1.80. The molecule has 6 heterocycles. The number of aromatic nitrogens is 8. The van der Waals surface area contributed by atoms with Gasteiger partial charge in [0, 0.05) is 70.1 Å². The summed E-state index contributed by atoms with van der Waals surface area (Å²) in [5.74, 6) is -6.05. The molecule has 21 heteroatoms. The highest BCUT2D eigenvalue weighted by atomic mass is 19.2. The Balaban J connectivity index is 0.770. The van der Waals surface area contributed by atoms with Crippen molar-refractivity contribution in [1.82, 2.24) is 54.3 Å². The van der Waals surface area contributed by atoms with Gasteiger partial charge in [-0.05, 0) is 93.5 Å². The Hall–Kier alpha value is -6.90. The Kier molecular flexibility index (Phi) is 11.0. The average Bonchev–Trinajstić information content (AvgIpc) is 4.12. The number of hydrogen-bond donors (Lipinski definition) is 3. The molecular weight excluding hydrogens is 862 g/mol. The minimum absolute atomic E-state index is 0.188. The number of nitrogens with zero attached hydrogens (tertiary/aromatic N) is 10. The number of halogens is 3. The van der Waals surface area contributed by atoms with E-state index in [-0.39, 0.29) is 47.7 Å². The molecule has 3 amide bonds. The number of rotatable bonds is 12. The number of aromatic hydroxyl groups is 1. The van der Waals surface area contributed by atoms with E-state index in [2.05, 4.69) is 30.6 Å². The normalized spacial score (nSPS) is 22.3. The number of nitrogens with one attached hydrogen (secondary N) is 2. The van der Waals surface area contributed by atoms with Crippen molar-refractivity contribution >= 4 is 34.7 Å². The lowest BCUT2D eigenvalue weighted by Crippen LogP contribution is -2.49. The van der Waals surface area contributed by atoms with Crippen molar-refractivity contribution < 1.29 is 37.2 Å². The van der Waals surface area contributed by atoms with Gasteiger partial charge in [-0.3, -0.25) is 38.3 Å². The molecule has 4 aromatic heterocycles. The maximum absolute atomic E-state index is 14.4. The van der Waals surface area contributed by atoms with Crippen LogP contribution in [0.2, 0.25) is 0 Å². The van der Waals surface area contributed by atoms with E-state index in [9.17, 15) is 37.5 Å². The topological polar surface area (TPSA) is 211 Å². The van der Waals surface area contributed by atoms with Crippen LogP contribution in [0.1, 0.15) is 85.6 Å². The summed E-state index contributed by atoms with van der Waals surface area (Å²) in [6.45, 7) is 4.03. The van der Waals surface area contributed by atoms with Gasteiger partial charge in [0.05, 0.1) is 16.6 Å². The van der Waals surface area contributed by atoms with E-state index >= 15 is 0 Å². The zero-order chi connectivity index (χ0) is 45.9. The molecule has 2 bridgehead atoms. The van der Waals surface area contributed by atoms with Crippen LogP contribution in [0.4, 0.5) is 19.1 Å². The number of fused-ring (bicyclic) bond motifs is 4. The summed E-state index contributed by atoms with van der Waals surface area (Å²) in [5.41, 5.74) is 1.25. The Labute approximate surface area is 374 Å². The van der Waals surface area contributed by atoms with Crippen LogP contribution in [0.15, 0.2) is 58.4 Å². The highest BCUT2D eigenvalue weighted by molar-refractivity contribution is 6.00. The minimum Gasteiger partial charge on any atom is -0.503 e. The molecule has 0 spiro atoms. The molecule has 3 saturated carbocycles. The number of piperazine rings is 1. The van der Waals surface area contributed by atoms with Crippen LogP contribution >= 0.6 is 0 Å². The molecule has 6 aromatic rings. The number of benzene rings is 2. The van der Waals surface area contributed by atoms with E-state index in [1.54, 1.807) is 41.0 Å². The summed E-state index contributed by atoms with van der Waals surface area (Å²) in [6, 6.07) is 7.46. The van der Waals surface area contributed by atoms with Gasteiger partial charge in [0.15, 0.2) is 23.2 Å². The number of phenolic OH excluding ortho intramolecular Hbond substituents is 1. The third kappa shape index (κ3) is 7.77. The molecule has 3 N–H and O–H groups in total. The number of imidazole rings is 2. The Morgan fingerprint density at radius 3 is 2.45 bits per heavy atom. The summed E-state index contributed by atoms with van der Waals surface area (Å²) in [5, 5.41) is 18.8. The van der Waals surface area contributed by atoms with E-state index in [1.807, 2.05) is 18.2 Å². The molecule has 344 valence electrons. The van der Waals surface area contributed by atoms with Crippen LogP contribution in [0.3, 0.4) is 0 Å². The van der Waals surface area contributed by atoms with E-state index in [0.29, 0.717) is 67.2 Å². The van der Waals surface area contributed by atoms with E-state index in [1.165, 1.54) is 4.57 Å². The first-order valence-electron chi connectivity index (χ1n) is 22.2. The second-order valence-corrected chi connectivity index (χ2v) is 18.1.